The number of rotatable bonds is 9. The zero-order valence-corrected chi connectivity index (χ0v) is 25.0. The van der Waals surface area contributed by atoms with Crippen LogP contribution in [0.5, 0.6) is 17.2 Å². The number of nitrogens with zero attached hydrogens (tertiary/aromatic N) is 5. The van der Waals surface area contributed by atoms with E-state index in [1.165, 1.54) is 0 Å². The predicted molar refractivity (Wildman–Crippen MR) is 156 cm³/mol. The molecule has 19 heteroatoms. The number of pyridine rings is 1. The number of imidazole rings is 2. The number of ether oxygens (including phenoxy) is 3. The van der Waals surface area contributed by atoms with Gasteiger partial charge in [-0.05, 0) is 48.5 Å². The van der Waals surface area contributed by atoms with Crippen LogP contribution in [0, 0.1) is 11.3 Å². The molecule has 3 N–H and O–H groups in total. The van der Waals surface area contributed by atoms with Crippen LogP contribution in [-0.2, 0) is 23.2 Å². The second kappa shape index (κ2) is 16.5. The molecular weight excluding hydrogens is 670 g/mol. The maximum absolute atomic E-state index is 10.6. The van der Waals surface area contributed by atoms with Crippen molar-refractivity contribution in [2.45, 2.75) is 19.0 Å². The highest BCUT2D eigenvalue weighted by Gasteiger charge is 2.38. The van der Waals surface area contributed by atoms with E-state index < -0.39 is 24.3 Å². The molecule has 0 saturated carbocycles. The SMILES string of the molecule is Cn1ccnc1COc1cc(OCCOc2ccc(C#N)cc2)cc(-c2nc3cccnc3[nH]2)c1.O=C(O)C(F)(F)F.O=C(O)C(F)(F)F. The number of alkyl halides is 6. The number of carbonyl (C=O) groups is 2. The van der Waals surface area contributed by atoms with E-state index >= 15 is 0 Å². The standard InChI is InChI=1S/C26H22N6O3.2C2HF3O2/c1-32-10-9-28-24(32)17-35-22-14-19(25-30-23-3-2-8-29-26(23)31-25)13-21(15-22)34-12-11-33-20-6-4-18(16-27)5-7-20;2*3-2(4,5)1(6)7/h2-10,13-15H,11-12,17H2,1H3,(H,29,30,31);2*(H,6,7). The van der Waals surface area contributed by atoms with Gasteiger partial charge in [0, 0.05) is 37.3 Å². The summed E-state index contributed by atoms with van der Waals surface area (Å²) in [5, 5.41) is 23.2. The Labute approximate surface area is 272 Å². The molecule has 2 aromatic carbocycles. The van der Waals surface area contributed by atoms with Crippen molar-refractivity contribution in [2.75, 3.05) is 13.2 Å². The van der Waals surface area contributed by atoms with Gasteiger partial charge in [-0.3, -0.25) is 0 Å². The highest BCUT2D eigenvalue weighted by Crippen LogP contribution is 2.30. The molecule has 0 radical (unpaired) electrons. The Bertz CT molecular complexity index is 1840. The highest BCUT2D eigenvalue weighted by atomic mass is 19.4. The zero-order valence-electron chi connectivity index (χ0n) is 25.0. The van der Waals surface area contributed by atoms with Crippen LogP contribution in [0.1, 0.15) is 11.4 Å². The van der Waals surface area contributed by atoms with E-state index in [-0.39, 0.29) is 0 Å². The van der Waals surface area contributed by atoms with Gasteiger partial charge in [-0.15, -0.1) is 0 Å². The first-order valence-electron chi connectivity index (χ1n) is 13.5. The molecule has 3 heterocycles. The molecule has 49 heavy (non-hydrogen) atoms. The van der Waals surface area contributed by atoms with Gasteiger partial charge in [0.1, 0.15) is 54.2 Å². The summed E-state index contributed by atoms with van der Waals surface area (Å²) >= 11 is 0. The third-order valence-corrected chi connectivity index (χ3v) is 5.79. The Balaban J connectivity index is 0.000000392. The van der Waals surface area contributed by atoms with Crippen molar-refractivity contribution in [3.8, 4) is 34.7 Å². The number of nitrogens with one attached hydrogen (secondary N) is 1. The maximum atomic E-state index is 10.6. The Kier molecular flexibility index (Phi) is 12.5. The van der Waals surface area contributed by atoms with E-state index in [9.17, 15) is 26.3 Å². The molecule has 0 fully saturated rings. The summed E-state index contributed by atoms with van der Waals surface area (Å²) in [5.74, 6) is -2.12. The molecule has 5 rings (SSSR count). The summed E-state index contributed by atoms with van der Waals surface area (Å²) in [6.07, 6.45) is -4.84. The Morgan fingerprint density at radius 2 is 1.43 bits per heavy atom. The average Bonchev–Trinajstić information content (AvgIpc) is 3.68. The first-order valence-corrected chi connectivity index (χ1v) is 13.5. The van der Waals surface area contributed by atoms with Gasteiger partial charge in [0.25, 0.3) is 0 Å². The minimum atomic E-state index is -5.08. The molecule has 0 aliphatic rings. The van der Waals surface area contributed by atoms with E-state index in [2.05, 4.69) is 26.0 Å². The van der Waals surface area contributed by atoms with Crippen LogP contribution in [0.4, 0.5) is 26.3 Å². The number of carboxylic acids is 2. The number of carboxylic acid groups (broad SMARTS) is 2. The predicted octanol–water partition coefficient (Wildman–Crippen LogP) is 5.53. The van der Waals surface area contributed by atoms with Crippen LogP contribution in [0.15, 0.2) is 73.2 Å². The largest absolute Gasteiger partial charge is 0.490 e. The van der Waals surface area contributed by atoms with Crippen molar-refractivity contribution < 1.29 is 60.4 Å². The van der Waals surface area contributed by atoms with Gasteiger partial charge in [-0.2, -0.15) is 31.6 Å². The maximum Gasteiger partial charge on any atom is 0.490 e. The van der Waals surface area contributed by atoms with Gasteiger partial charge in [0.15, 0.2) is 5.65 Å². The number of hydrogen-bond donors (Lipinski definition) is 3. The molecule has 0 amide bonds. The lowest BCUT2D eigenvalue weighted by Crippen LogP contribution is -2.21. The topological polar surface area (TPSA) is 185 Å². The Morgan fingerprint density at radius 1 is 0.857 bits per heavy atom. The fourth-order valence-electron chi connectivity index (χ4n) is 3.48. The number of halogens is 6. The third kappa shape index (κ3) is 11.8. The van der Waals surface area contributed by atoms with E-state index in [4.69, 9.17) is 39.3 Å². The summed E-state index contributed by atoms with van der Waals surface area (Å²) in [7, 11) is 1.92. The fraction of sp³-hybridized carbons (Fsp3) is 0.200. The summed E-state index contributed by atoms with van der Waals surface area (Å²) in [4.78, 5) is 34.3. The van der Waals surface area contributed by atoms with Crippen molar-refractivity contribution in [3.63, 3.8) is 0 Å². The molecule has 13 nitrogen and oxygen atoms in total. The number of benzene rings is 2. The zero-order chi connectivity index (χ0) is 36.2. The minimum absolute atomic E-state index is 0.315. The number of aromatic nitrogens is 5. The summed E-state index contributed by atoms with van der Waals surface area (Å²) in [5.41, 5.74) is 2.88. The minimum Gasteiger partial charge on any atom is -0.490 e. The van der Waals surface area contributed by atoms with Crippen molar-refractivity contribution in [1.29, 1.82) is 5.26 Å². The van der Waals surface area contributed by atoms with Gasteiger partial charge < -0.3 is 34.0 Å². The number of nitriles is 1. The summed E-state index contributed by atoms with van der Waals surface area (Å²) in [6, 6.07) is 18.4. The molecule has 0 spiro atoms. The quantitative estimate of drug-likeness (QED) is 0.130. The van der Waals surface area contributed by atoms with E-state index in [0.717, 1.165) is 16.9 Å². The molecule has 3 aromatic heterocycles. The van der Waals surface area contributed by atoms with Gasteiger partial charge >= 0.3 is 24.3 Å². The first-order chi connectivity index (χ1) is 23.1. The van der Waals surface area contributed by atoms with Crippen LogP contribution in [0.3, 0.4) is 0 Å². The number of hydrogen-bond acceptors (Lipinski definition) is 9. The third-order valence-electron chi connectivity index (χ3n) is 5.79. The molecule has 0 unspecified atom stereocenters. The number of aryl methyl sites for hydroxylation is 1. The molecule has 0 aliphatic carbocycles. The van der Waals surface area contributed by atoms with Crippen LogP contribution >= 0.6 is 0 Å². The molecule has 0 saturated heterocycles. The number of H-pyrrole nitrogens is 1. The lowest BCUT2D eigenvalue weighted by Gasteiger charge is -2.12. The van der Waals surface area contributed by atoms with Crippen LogP contribution < -0.4 is 14.2 Å². The van der Waals surface area contributed by atoms with Gasteiger partial charge in [-0.25, -0.2) is 24.5 Å². The van der Waals surface area contributed by atoms with Gasteiger partial charge in [0.2, 0.25) is 0 Å². The number of aromatic amines is 1. The van der Waals surface area contributed by atoms with Crippen LogP contribution in [-0.4, -0.2) is 72.2 Å². The number of fused-ring (bicyclic) bond motifs is 1. The summed E-state index contributed by atoms with van der Waals surface area (Å²) < 4.78 is 83.1. The van der Waals surface area contributed by atoms with Crippen molar-refractivity contribution in [2.24, 2.45) is 7.05 Å². The van der Waals surface area contributed by atoms with Crippen LogP contribution in [0.2, 0.25) is 0 Å². The van der Waals surface area contributed by atoms with E-state index in [0.29, 0.717) is 54.1 Å². The van der Waals surface area contributed by atoms with E-state index in [1.54, 1.807) is 36.7 Å². The lowest BCUT2D eigenvalue weighted by molar-refractivity contribution is -0.193. The lowest BCUT2D eigenvalue weighted by atomic mass is 10.2. The fourth-order valence-corrected chi connectivity index (χ4v) is 3.48. The molecular formula is C30H24F6N6O7. The molecule has 0 atom stereocenters. The second-order valence-electron chi connectivity index (χ2n) is 9.33. The second-order valence-corrected chi connectivity index (χ2v) is 9.33. The Morgan fingerprint density at radius 3 is 1.94 bits per heavy atom. The molecule has 0 aliphatic heterocycles. The molecule has 5 aromatic rings. The molecule has 0 bridgehead atoms. The Hall–Kier alpha value is -6.32. The highest BCUT2D eigenvalue weighted by molar-refractivity contribution is 5.76. The van der Waals surface area contributed by atoms with Gasteiger partial charge in [0.05, 0.1) is 11.6 Å². The van der Waals surface area contributed by atoms with Gasteiger partial charge in [-0.1, -0.05) is 0 Å². The van der Waals surface area contributed by atoms with Crippen molar-refractivity contribution >= 4 is 23.1 Å². The first kappa shape index (κ1) is 37.1. The molecule has 258 valence electrons. The number of aliphatic carboxylic acids is 2. The summed E-state index contributed by atoms with van der Waals surface area (Å²) in [6.45, 7) is 0.980. The van der Waals surface area contributed by atoms with Crippen molar-refractivity contribution in [3.05, 3.63) is 84.6 Å². The monoisotopic (exact) mass is 694 g/mol. The van der Waals surface area contributed by atoms with E-state index in [1.807, 2.05) is 48.1 Å². The normalized spacial score (nSPS) is 10.9. The van der Waals surface area contributed by atoms with Crippen LogP contribution in [0.25, 0.3) is 22.6 Å². The average molecular weight is 695 g/mol. The smallest absolute Gasteiger partial charge is 0.490 e. The van der Waals surface area contributed by atoms with Crippen molar-refractivity contribution in [1.82, 2.24) is 24.5 Å².